The largest absolute Gasteiger partial charge is 0.497 e. The summed E-state index contributed by atoms with van der Waals surface area (Å²) in [7, 11) is 1.66. The summed E-state index contributed by atoms with van der Waals surface area (Å²) in [5, 5.41) is 0. The molecule has 3 rings (SSSR count). The van der Waals surface area contributed by atoms with Crippen LogP contribution in [0.25, 0.3) is 0 Å². The third-order valence-corrected chi connectivity index (χ3v) is 5.50. The lowest BCUT2D eigenvalue weighted by atomic mass is 9.95. The average Bonchev–Trinajstić information content (AvgIpc) is 3.03. The molecule has 6 heteroatoms. The molecule has 2 N–H and O–H groups in total. The second kappa shape index (κ2) is 7.32. The Morgan fingerprint density at radius 3 is 2.68 bits per heavy atom. The first kappa shape index (κ1) is 18.2. The standard InChI is InChI=1S/C19H29N3O3/c1-19(2,22-7-9-25-10-8-22)18(23)21-12-16(17(20)13-21)14-5-4-6-15(11-14)24-3/h4-6,11,16-17H,7-10,12-13,20H2,1-3H3/t16-,17+/m0/s1. The van der Waals surface area contributed by atoms with Gasteiger partial charge in [0.05, 0.1) is 25.9 Å². The van der Waals surface area contributed by atoms with Gasteiger partial charge in [0.25, 0.3) is 0 Å². The molecule has 0 aliphatic carbocycles. The summed E-state index contributed by atoms with van der Waals surface area (Å²) in [6.45, 7) is 8.20. The molecule has 0 aromatic heterocycles. The molecule has 1 aromatic carbocycles. The van der Waals surface area contributed by atoms with Gasteiger partial charge >= 0.3 is 0 Å². The molecule has 0 bridgehead atoms. The highest BCUT2D eigenvalue weighted by molar-refractivity contribution is 5.86. The fourth-order valence-corrected chi connectivity index (χ4v) is 3.86. The molecule has 2 aliphatic heterocycles. The van der Waals surface area contributed by atoms with E-state index < -0.39 is 5.54 Å². The Balaban J connectivity index is 1.72. The van der Waals surface area contributed by atoms with Crippen LogP contribution in [0.5, 0.6) is 5.75 Å². The van der Waals surface area contributed by atoms with Gasteiger partial charge in [-0.3, -0.25) is 9.69 Å². The number of benzene rings is 1. The van der Waals surface area contributed by atoms with E-state index in [1.165, 1.54) is 0 Å². The smallest absolute Gasteiger partial charge is 0.242 e. The lowest BCUT2D eigenvalue weighted by molar-refractivity contribution is -0.144. The number of carbonyl (C=O) groups is 1. The lowest BCUT2D eigenvalue weighted by Crippen LogP contribution is -2.58. The fraction of sp³-hybridized carbons (Fsp3) is 0.632. The molecule has 0 spiro atoms. The van der Waals surface area contributed by atoms with Crippen molar-refractivity contribution in [2.45, 2.75) is 31.3 Å². The van der Waals surface area contributed by atoms with Crippen molar-refractivity contribution in [1.82, 2.24) is 9.80 Å². The Morgan fingerprint density at radius 2 is 2.00 bits per heavy atom. The Bertz CT molecular complexity index is 614. The van der Waals surface area contributed by atoms with Crippen molar-refractivity contribution in [3.8, 4) is 5.75 Å². The lowest BCUT2D eigenvalue weighted by Gasteiger charge is -2.41. The summed E-state index contributed by atoms with van der Waals surface area (Å²) in [5.41, 5.74) is 6.98. The van der Waals surface area contributed by atoms with Gasteiger partial charge in [0.2, 0.25) is 5.91 Å². The zero-order chi connectivity index (χ0) is 18.0. The summed E-state index contributed by atoms with van der Waals surface area (Å²) in [5.74, 6) is 1.11. The van der Waals surface area contributed by atoms with E-state index in [2.05, 4.69) is 11.0 Å². The van der Waals surface area contributed by atoms with Crippen LogP contribution in [-0.4, -0.2) is 73.8 Å². The van der Waals surface area contributed by atoms with Gasteiger partial charge in [-0.25, -0.2) is 0 Å². The zero-order valence-electron chi connectivity index (χ0n) is 15.4. The van der Waals surface area contributed by atoms with Gasteiger partial charge in [-0.15, -0.1) is 0 Å². The number of hydrogen-bond acceptors (Lipinski definition) is 5. The van der Waals surface area contributed by atoms with Crippen LogP contribution in [0.4, 0.5) is 0 Å². The minimum Gasteiger partial charge on any atom is -0.497 e. The average molecular weight is 347 g/mol. The topological polar surface area (TPSA) is 68.0 Å². The molecular formula is C19H29N3O3. The molecule has 0 saturated carbocycles. The Kier molecular flexibility index (Phi) is 5.32. The Morgan fingerprint density at radius 1 is 1.28 bits per heavy atom. The number of nitrogens with zero attached hydrogens (tertiary/aromatic N) is 2. The molecule has 1 aromatic rings. The van der Waals surface area contributed by atoms with Crippen LogP contribution < -0.4 is 10.5 Å². The van der Waals surface area contributed by atoms with Crippen molar-refractivity contribution in [2.75, 3.05) is 46.5 Å². The Hall–Kier alpha value is -1.63. The number of amides is 1. The number of nitrogens with two attached hydrogens (primary N) is 1. The van der Waals surface area contributed by atoms with Crippen molar-refractivity contribution < 1.29 is 14.3 Å². The second-order valence-corrected chi connectivity index (χ2v) is 7.42. The van der Waals surface area contributed by atoms with Gasteiger partial charge in [-0.05, 0) is 31.5 Å². The van der Waals surface area contributed by atoms with Crippen LogP contribution in [0.15, 0.2) is 24.3 Å². The van der Waals surface area contributed by atoms with E-state index in [9.17, 15) is 4.79 Å². The quantitative estimate of drug-likeness (QED) is 0.882. The van der Waals surface area contributed by atoms with Crippen molar-refractivity contribution in [1.29, 1.82) is 0 Å². The summed E-state index contributed by atoms with van der Waals surface area (Å²) in [6.07, 6.45) is 0. The molecule has 25 heavy (non-hydrogen) atoms. The molecule has 6 nitrogen and oxygen atoms in total. The number of hydrogen-bond donors (Lipinski definition) is 1. The number of carbonyl (C=O) groups excluding carboxylic acids is 1. The van der Waals surface area contributed by atoms with Crippen LogP contribution in [0.2, 0.25) is 0 Å². The predicted molar refractivity (Wildman–Crippen MR) is 96.8 cm³/mol. The number of morpholine rings is 1. The zero-order valence-corrected chi connectivity index (χ0v) is 15.4. The molecule has 2 fully saturated rings. The molecule has 2 heterocycles. The SMILES string of the molecule is COc1cccc([C@@H]2CN(C(=O)C(C)(C)N3CCOCC3)C[C@H]2N)c1. The van der Waals surface area contributed by atoms with Gasteiger partial charge in [-0.2, -0.15) is 0 Å². The number of ether oxygens (including phenoxy) is 2. The van der Waals surface area contributed by atoms with E-state index in [1.807, 2.05) is 36.9 Å². The van der Waals surface area contributed by atoms with Crippen LogP contribution >= 0.6 is 0 Å². The van der Waals surface area contributed by atoms with Crippen molar-refractivity contribution in [2.24, 2.45) is 5.73 Å². The minimum absolute atomic E-state index is 0.0588. The number of methoxy groups -OCH3 is 1. The van der Waals surface area contributed by atoms with Gasteiger partial charge in [-0.1, -0.05) is 12.1 Å². The molecule has 1 amide bonds. The first-order valence-corrected chi connectivity index (χ1v) is 8.95. The molecule has 2 saturated heterocycles. The van der Waals surface area contributed by atoms with Gasteiger partial charge < -0.3 is 20.1 Å². The first-order valence-electron chi connectivity index (χ1n) is 8.95. The van der Waals surface area contributed by atoms with Crippen LogP contribution in [0, 0.1) is 0 Å². The molecule has 0 radical (unpaired) electrons. The van der Waals surface area contributed by atoms with Gasteiger partial charge in [0.1, 0.15) is 5.75 Å². The highest BCUT2D eigenvalue weighted by Crippen LogP contribution is 2.31. The third kappa shape index (κ3) is 3.66. The summed E-state index contributed by atoms with van der Waals surface area (Å²) in [4.78, 5) is 17.3. The minimum atomic E-state index is -0.535. The van der Waals surface area contributed by atoms with Crippen molar-refractivity contribution >= 4 is 5.91 Å². The maximum absolute atomic E-state index is 13.2. The maximum Gasteiger partial charge on any atom is 0.242 e. The fourth-order valence-electron chi connectivity index (χ4n) is 3.86. The summed E-state index contributed by atoms with van der Waals surface area (Å²) >= 11 is 0. The van der Waals surface area contributed by atoms with Crippen molar-refractivity contribution in [3.63, 3.8) is 0 Å². The van der Waals surface area contributed by atoms with Crippen LogP contribution in [0.3, 0.4) is 0 Å². The van der Waals surface area contributed by atoms with Crippen LogP contribution in [0.1, 0.15) is 25.3 Å². The normalized spacial score (nSPS) is 25.2. The molecular weight excluding hydrogens is 318 g/mol. The molecule has 2 atom stereocenters. The van der Waals surface area contributed by atoms with E-state index in [1.54, 1.807) is 7.11 Å². The van der Waals surface area contributed by atoms with E-state index in [4.69, 9.17) is 15.2 Å². The highest BCUT2D eigenvalue weighted by Gasteiger charge is 2.43. The monoisotopic (exact) mass is 347 g/mol. The van der Waals surface area contributed by atoms with Crippen LogP contribution in [-0.2, 0) is 9.53 Å². The highest BCUT2D eigenvalue weighted by atomic mass is 16.5. The molecule has 0 unspecified atom stereocenters. The number of rotatable bonds is 4. The van der Waals surface area contributed by atoms with E-state index >= 15 is 0 Å². The summed E-state index contributed by atoms with van der Waals surface area (Å²) in [6, 6.07) is 7.92. The molecule has 2 aliphatic rings. The summed E-state index contributed by atoms with van der Waals surface area (Å²) < 4.78 is 10.7. The Labute approximate surface area is 149 Å². The maximum atomic E-state index is 13.2. The molecule has 138 valence electrons. The second-order valence-electron chi connectivity index (χ2n) is 7.42. The van der Waals surface area contributed by atoms with Gasteiger partial charge in [0.15, 0.2) is 0 Å². The predicted octanol–water partition coefficient (Wildman–Crippen LogP) is 1.06. The van der Waals surface area contributed by atoms with Gasteiger partial charge in [0, 0.05) is 38.1 Å². The number of likely N-dealkylation sites (tertiary alicyclic amines) is 1. The third-order valence-electron chi connectivity index (χ3n) is 5.50. The van der Waals surface area contributed by atoms with E-state index in [-0.39, 0.29) is 17.9 Å². The van der Waals surface area contributed by atoms with Crippen molar-refractivity contribution in [3.05, 3.63) is 29.8 Å². The first-order chi connectivity index (χ1) is 11.9. The van der Waals surface area contributed by atoms with E-state index in [0.717, 1.165) is 24.4 Å². The van der Waals surface area contributed by atoms with E-state index in [0.29, 0.717) is 26.3 Å².